The van der Waals surface area contributed by atoms with Gasteiger partial charge in [0.1, 0.15) is 19.3 Å². The molecule has 2 heterocycles. The summed E-state index contributed by atoms with van der Waals surface area (Å²) >= 11 is 0. The van der Waals surface area contributed by atoms with E-state index in [4.69, 9.17) is 14.2 Å². The van der Waals surface area contributed by atoms with Gasteiger partial charge in [0.2, 0.25) is 0 Å². The van der Waals surface area contributed by atoms with Crippen LogP contribution >= 0.6 is 0 Å². The van der Waals surface area contributed by atoms with Crippen molar-refractivity contribution >= 4 is 5.91 Å². The molecule has 1 amide bonds. The molecule has 108 valence electrons. The van der Waals surface area contributed by atoms with Gasteiger partial charge in [-0.05, 0) is 30.5 Å². The van der Waals surface area contributed by atoms with E-state index in [1.54, 1.807) is 11.9 Å². The lowest BCUT2D eigenvalue weighted by molar-refractivity contribution is -0.140. The molecule has 20 heavy (non-hydrogen) atoms. The second-order valence-corrected chi connectivity index (χ2v) is 5.17. The Bertz CT molecular complexity index is 497. The number of fused-ring (bicyclic) bond motifs is 1. The Hall–Kier alpha value is -1.75. The highest BCUT2D eigenvalue weighted by Gasteiger charge is 2.26. The Labute approximate surface area is 118 Å². The summed E-state index contributed by atoms with van der Waals surface area (Å²) in [6, 6.07) is 5.80. The Kier molecular flexibility index (Phi) is 3.78. The standard InChI is InChI=1S/C15H19NO4/c1-16(15(17)13-3-2-6-18-13)10-11-4-5-12-14(9-11)20-8-7-19-12/h4-5,9,13H,2-3,6-8,10H2,1H3. The van der Waals surface area contributed by atoms with Gasteiger partial charge in [-0.15, -0.1) is 0 Å². The molecule has 1 saturated heterocycles. The van der Waals surface area contributed by atoms with Gasteiger partial charge in [0.25, 0.3) is 5.91 Å². The average molecular weight is 277 g/mol. The second kappa shape index (κ2) is 5.71. The lowest BCUT2D eigenvalue weighted by atomic mass is 10.1. The van der Waals surface area contributed by atoms with Crippen LogP contribution in [0.4, 0.5) is 0 Å². The van der Waals surface area contributed by atoms with E-state index in [0.717, 1.165) is 29.9 Å². The van der Waals surface area contributed by atoms with Gasteiger partial charge in [0, 0.05) is 20.2 Å². The molecular weight excluding hydrogens is 258 g/mol. The van der Waals surface area contributed by atoms with Crippen molar-refractivity contribution in [3.63, 3.8) is 0 Å². The molecule has 1 unspecified atom stereocenters. The largest absolute Gasteiger partial charge is 0.486 e. The smallest absolute Gasteiger partial charge is 0.251 e. The van der Waals surface area contributed by atoms with Gasteiger partial charge < -0.3 is 19.1 Å². The maximum absolute atomic E-state index is 12.2. The van der Waals surface area contributed by atoms with Crippen LogP contribution in [0, 0.1) is 0 Å². The Morgan fingerprint density at radius 2 is 2.05 bits per heavy atom. The van der Waals surface area contributed by atoms with E-state index < -0.39 is 0 Å². The van der Waals surface area contributed by atoms with E-state index in [1.807, 2.05) is 18.2 Å². The number of likely N-dealkylation sites (N-methyl/N-ethyl adjacent to an activating group) is 1. The molecule has 0 bridgehead atoms. The number of nitrogens with zero attached hydrogens (tertiary/aromatic N) is 1. The van der Waals surface area contributed by atoms with Crippen LogP contribution in [-0.4, -0.2) is 43.8 Å². The first-order valence-electron chi connectivity index (χ1n) is 6.99. The molecule has 5 nitrogen and oxygen atoms in total. The maximum atomic E-state index is 12.2. The Morgan fingerprint density at radius 3 is 2.80 bits per heavy atom. The molecule has 5 heteroatoms. The topological polar surface area (TPSA) is 48.0 Å². The molecule has 3 rings (SSSR count). The van der Waals surface area contributed by atoms with Gasteiger partial charge in [-0.1, -0.05) is 6.07 Å². The van der Waals surface area contributed by atoms with E-state index in [9.17, 15) is 4.79 Å². The van der Waals surface area contributed by atoms with Crippen molar-refractivity contribution in [1.29, 1.82) is 0 Å². The van der Waals surface area contributed by atoms with E-state index >= 15 is 0 Å². The zero-order valence-corrected chi connectivity index (χ0v) is 11.6. The van der Waals surface area contributed by atoms with E-state index in [-0.39, 0.29) is 12.0 Å². The fourth-order valence-corrected chi connectivity index (χ4v) is 2.56. The first-order valence-corrected chi connectivity index (χ1v) is 6.99. The summed E-state index contributed by atoms with van der Waals surface area (Å²) in [5, 5.41) is 0. The summed E-state index contributed by atoms with van der Waals surface area (Å²) in [6.45, 7) is 2.40. The van der Waals surface area contributed by atoms with Gasteiger partial charge in [-0.3, -0.25) is 4.79 Å². The number of ether oxygens (including phenoxy) is 3. The number of carbonyl (C=O) groups is 1. The van der Waals surface area contributed by atoms with Crippen molar-refractivity contribution in [3.8, 4) is 11.5 Å². The highest BCUT2D eigenvalue weighted by Crippen LogP contribution is 2.31. The van der Waals surface area contributed by atoms with Gasteiger partial charge >= 0.3 is 0 Å². The summed E-state index contributed by atoms with van der Waals surface area (Å²) in [7, 11) is 1.81. The van der Waals surface area contributed by atoms with Gasteiger partial charge in [-0.25, -0.2) is 0 Å². The normalized spacial score (nSPS) is 20.8. The van der Waals surface area contributed by atoms with Crippen molar-refractivity contribution in [3.05, 3.63) is 23.8 Å². The maximum Gasteiger partial charge on any atom is 0.251 e. The molecule has 0 saturated carbocycles. The first kappa shape index (κ1) is 13.2. The summed E-state index contributed by atoms with van der Waals surface area (Å²) in [4.78, 5) is 13.9. The minimum absolute atomic E-state index is 0.0531. The van der Waals surface area contributed by atoms with Crippen LogP contribution in [0.25, 0.3) is 0 Å². The second-order valence-electron chi connectivity index (χ2n) is 5.17. The number of carbonyl (C=O) groups excluding carboxylic acids is 1. The Balaban J connectivity index is 1.66. The zero-order valence-electron chi connectivity index (χ0n) is 11.6. The third-order valence-electron chi connectivity index (χ3n) is 3.61. The summed E-state index contributed by atoms with van der Waals surface area (Å²) in [5.41, 5.74) is 1.03. The van der Waals surface area contributed by atoms with Gasteiger partial charge in [0.05, 0.1) is 0 Å². The fourth-order valence-electron chi connectivity index (χ4n) is 2.56. The number of amides is 1. The first-order chi connectivity index (χ1) is 9.74. The van der Waals surface area contributed by atoms with Gasteiger partial charge in [0.15, 0.2) is 11.5 Å². The fraction of sp³-hybridized carbons (Fsp3) is 0.533. The molecule has 0 spiro atoms. The number of hydrogen-bond acceptors (Lipinski definition) is 4. The number of hydrogen-bond donors (Lipinski definition) is 0. The zero-order chi connectivity index (χ0) is 13.9. The van der Waals surface area contributed by atoms with Crippen LogP contribution in [0.15, 0.2) is 18.2 Å². The molecular formula is C15H19NO4. The highest BCUT2D eigenvalue weighted by atomic mass is 16.6. The minimum atomic E-state index is -0.266. The van der Waals surface area contributed by atoms with Gasteiger partial charge in [-0.2, -0.15) is 0 Å². The summed E-state index contributed by atoms with van der Waals surface area (Å²) in [6.07, 6.45) is 1.52. The van der Waals surface area contributed by atoms with Crippen LogP contribution in [0.2, 0.25) is 0 Å². The minimum Gasteiger partial charge on any atom is -0.486 e. The van der Waals surface area contributed by atoms with E-state index in [1.165, 1.54) is 0 Å². The third-order valence-corrected chi connectivity index (χ3v) is 3.61. The van der Waals surface area contributed by atoms with Crippen LogP contribution < -0.4 is 9.47 Å². The lowest BCUT2D eigenvalue weighted by Gasteiger charge is -2.22. The van der Waals surface area contributed by atoms with E-state index in [0.29, 0.717) is 26.4 Å². The monoisotopic (exact) mass is 277 g/mol. The van der Waals surface area contributed by atoms with Crippen molar-refractivity contribution in [2.45, 2.75) is 25.5 Å². The lowest BCUT2D eigenvalue weighted by Crippen LogP contribution is -2.35. The van der Waals surface area contributed by atoms with Crippen LogP contribution in [0.3, 0.4) is 0 Å². The molecule has 0 radical (unpaired) electrons. The quantitative estimate of drug-likeness (QED) is 0.842. The van der Waals surface area contributed by atoms with Crippen molar-refractivity contribution in [2.24, 2.45) is 0 Å². The van der Waals surface area contributed by atoms with E-state index in [2.05, 4.69) is 0 Å². The predicted octanol–water partition coefficient (Wildman–Crippen LogP) is 1.60. The molecule has 1 aromatic carbocycles. The molecule has 1 aromatic rings. The van der Waals surface area contributed by atoms with Crippen molar-refractivity contribution in [2.75, 3.05) is 26.9 Å². The van der Waals surface area contributed by atoms with Crippen molar-refractivity contribution in [1.82, 2.24) is 4.90 Å². The molecule has 1 atom stereocenters. The molecule has 0 N–H and O–H groups in total. The predicted molar refractivity (Wildman–Crippen MR) is 72.9 cm³/mol. The molecule has 0 aromatic heterocycles. The Morgan fingerprint density at radius 1 is 1.25 bits per heavy atom. The molecule has 0 aliphatic carbocycles. The SMILES string of the molecule is CN(Cc1ccc2c(c1)OCCO2)C(=O)C1CCCO1. The van der Waals surface area contributed by atoms with Crippen LogP contribution in [0.5, 0.6) is 11.5 Å². The number of rotatable bonds is 3. The summed E-state index contributed by atoms with van der Waals surface area (Å²) < 4.78 is 16.5. The van der Waals surface area contributed by atoms with Crippen LogP contribution in [0.1, 0.15) is 18.4 Å². The molecule has 2 aliphatic heterocycles. The molecule has 2 aliphatic rings. The summed E-state index contributed by atoms with van der Waals surface area (Å²) in [5.74, 6) is 1.58. The third kappa shape index (κ3) is 2.72. The number of benzene rings is 1. The highest BCUT2D eigenvalue weighted by molar-refractivity contribution is 5.80. The van der Waals surface area contributed by atoms with Crippen LogP contribution in [-0.2, 0) is 16.1 Å². The average Bonchev–Trinajstić information content (AvgIpc) is 3.00. The molecule has 1 fully saturated rings. The van der Waals surface area contributed by atoms with Crippen molar-refractivity contribution < 1.29 is 19.0 Å².